The number of amides is 1. The Balaban J connectivity index is 1.75. The van der Waals surface area contributed by atoms with Crippen molar-refractivity contribution in [3.8, 4) is 10.6 Å². The molecule has 1 aromatic carbocycles. The molecule has 0 aliphatic heterocycles. The number of thiophene rings is 1. The highest BCUT2D eigenvalue weighted by Gasteiger charge is 2.18. The smallest absolute Gasteiger partial charge is 0.273 e. The number of thiazole rings is 1. The zero-order valence-electron chi connectivity index (χ0n) is 12.1. The zero-order chi connectivity index (χ0) is 16.4. The number of carbonyl (C=O) groups is 1. The molecule has 118 valence electrons. The van der Waals surface area contributed by atoms with E-state index in [1.807, 2.05) is 16.8 Å². The summed E-state index contributed by atoms with van der Waals surface area (Å²) in [5.41, 5.74) is 1.56. The maximum absolute atomic E-state index is 13.7. The largest absolute Gasteiger partial charge is 0.336 e. The normalized spacial score (nSPS) is 10.7. The van der Waals surface area contributed by atoms with E-state index >= 15 is 0 Å². The van der Waals surface area contributed by atoms with Crippen LogP contribution in [0, 0.1) is 11.6 Å². The van der Waals surface area contributed by atoms with Gasteiger partial charge >= 0.3 is 0 Å². The van der Waals surface area contributed by atoms with Gasteiger partial charge in [-0.05, 0) is 17.5 Å². The summed E-state index contributed by atoms with van der Waals surface area (Å²) in [4.78, 5) is 18.1. The molecule has 0 bridgehead atoms. The van der Waals surface area contributed by atoms with E-state index in [0.29, 0.717) is 5.69 Å². The highest BCUT2D eigenvalue weighted by Crippen LogP contribution is 2.26. The Morgan fingerprint density at radius 1 is 1.26 bits per heavy atom. The molecule has 0 N–H and O–H groups in total. The van der Waals surface area contributed by atoms with Gasteiger partial charge in [0.15, 0.2) is 0 Å². The van der Waals surface area contributed by atoms with Gasteiger partial charge in [0, 0.05) is 41.5 Å². The molecule has 0 atom stereocenters. The molecular formula is C16H12F2N2OS2. The topological polar surface area (TPSA) is 33.2 Å². The van der Waals surface area contributed by atoms with Crippen LogP contribution in [0.1, 0.15) is 16.1 Å². The highest BCUT2D eigenvalue weighted by molar-refractivity contribution is 7.14. The summed E-state index contributed by atoms with van der Waals surface area (Å²) >= 11 is 2.95. The number of hydrogen-bond donors (Lipinski definition) is 0. The lowest BCUT2D eigenvalue weighted by Gasteiger charge is -2.16. The summed E-state index contributed by atoms with van der Waals surface area (Å²) in [6, 6.07) is 5.26. The van der Waals surface area contributed by atoms with E-state index in [2.05, 4.69) is 4.98 Å². The second kappa shape index (κ2) is 6.55. The lowest BCUT2D eigenvalue weighted by molar-refractivity contribution is 0.0779. The van der Waals surface area contributed by atoms with Crippen LogP contribution < -0.4 is 0 Å². The molecule has 2 heterocycles. The molecule has 3 nitrogen and oxygen atoms in total. The van der Waals surface area contributed by atoms with Crippen LogP contribution in [0.15, 0.2) is 40.4 Å². The number of nitrogens with zero attached hydrogens (tertiary/aromatic N) is 2. The van der Waals surface area contributed by atoms with Gasteiger partial charge in [-0.2, -0.15) is 11.3 Å². The summed E-state index contributed by atoms with van der Waals surface area (Å²) in [5.74, 6) is -1.60. The molecule has 0 saturated carbocycles. The SMILES string of the molecule is CN(Cc1ccc(F)cc1F)C(=O)c1csc(-c2ccsc2)n1. The lowest BCUT2D eigenvalue weighted by Crippen LogP contribution is -2.26. The average molecular weight is 350 g/mol. The Labute approximate surface area is 139 Å². The molecule has 0 fully saturated rings. The molecule has 7 heteroatoms. The Kier molecular flexibility index (Phi) is 4.49. The first kappa shape index (κ1) is 15.8. The molecule has 3 aromatic rings. The van der Waals surface area contributed by atoms with Gasteiger partial charge in [0.05, 0.1) is 0 Å². The molecule has 0 saturated heterocycles. The van der Waals surface area contributed by atoms with Crippen LogP contribution in [0.4, 0.5) is 8.78 Å². The van der Waals surface area contributed by atoms with Crippen molar-refractivity contribution >= 4 is 28.6 Å². The first-order chi connectivity index (χ1) is 11.0. The van der Waals surface area contributed by atoms with Crippen molar-refractivity contribution in [2.24, 2.45) is 0 Å². The van der Waals surface area contributed by atoms with E-state index in [1.165, 1.54) is 28.4 Å². The summed E-state index contributed by atoms with van der Waals surface area (Å²) in [6.45, 7) is 0.0518. The molecule has 2 aromatic heterocycles. The molecule has 3 rings (SSSR count). The van der Waals surface area contributed by atoms with Gasteiger partial charge < -0.3 is 4.90 Å². The molecule has 23 heavy (non-hydrogen) atoms. The number of halogens is 2. The van der Waals surface area contributed by atoms with Gasteiger partial charge in [0.1, 0.15) is 22.3 Å². The van der Waals surface area contributed by atoms with E-state index in [4.69, 9.17) is 0 Å². The fourth-order valence-corrected chi connectivity index (χ4v) is 3.57. The number of benzene rings is 1. The maximum Gasteiger partial charge on any atom is 0.273 e. The van der Waals surface area contributed by atoms with Crippen LogP contribution in [0.2, 0.25) is 0 Å². The van der Waals surface area contributed by atoms with Crippen LogP contribution in [-0.2, 0) is 6.54 Å². The van der Waals surface area contributed by atoms with Crippen molar-refractivity contribution in [2.75, 3.05) is 7.05 Å². The summed E-state index contributed by atoms with van der Waals surface area (Å²) in [7, 11) is 1.56. The van der Waals surface area contributed by atoms with E-state index in [9.17, 15) is 13.6 Å². The van der Waals surface area contributed by atoms with Crippen LogP contribution in [0.5, 0.6) is 0 Å². The molecule has 0 aliphatic rings. The molecule has 0 radical (unpaired) electrons. The van der Waals surface area contributed by atoms with E-state index < -0.39 is 11.6 Å². The van der Waals surface area contributed by atoms with E-state index in [1.54, 1.807) is 23.8 Å². The highest BCUT2D eigenvalue weighted by atomic mass is 32.1. The molecular weight excluding hydrogens is 338 g/mol. The summed E-state index contributed by atoms with van der Waals surface area (Å²) < 4.78 is 26.6. The fraction of sp³-hybridized carbons (Fsp3) is 0.125. The number of rotatable bonds is 4. The molecule has 1 amide bonds. The second-order valence-corrected chi connectivity index (χ2v) is 6.59. The lowest BCUT2D eigenvalue weighted by atomic mass is 10.2. The van der Waals surface area contributed by atoms with Gasteiger partial charge in [-0.15, -0.1) is 11.3 Å². The molecule has 0 aliphatic carbocycles. The average Bonchev–Trinajstić information content (AvgIpc) is 3.19. The van der Waals surface area contributed by atoms with Gasteiger partial charge in [0.2, 0.25) is 0 Å². The minimum Gasteiger partial charge on any atom is -0.336 e. The van der Waals surface area contributed by atoms with Crippen LogP contribution in [-0.4, -0.2) is 22.8 Å². The summed E-state index contributed by atoms with van der Waals surface area (Å²) in [6.07, 6.45) is 0. The Bertz CT molecular complexity index is 830. The number of aromatic nitrogens is 1. The van der Waals surface area contributed by atoms with Crippen molar-refractivity contribution in [3.63, 3.8) is 0 Å². The number of hydrogen-bond acceptors (Lipinski definition) is 4. The van der Waals surface area contributed by atoms with E-state index in [0.717, 1.165) is 16.6 Å². The minimum atomic E-state index is -0.665. The van der Waals surface area contributed by atoms with Gasteiger partial charge in [0.25, 0.3) is 5.91 Å². The van der Waals surface area contributed by atoms with Gasteiger partial charge in [-0.1, -0.05) is 6.07 Å². The fourth-order valence-electron chi connectivity index (χ4n) is 2.06. The van der Waals surface area contributed by atoms with Crippen molar-refractivity contribution in [2.45, 2.75) is 6.54 Å². The van der Waals surface area contributed by atoms with Crippen LogP contribution in [0.3, 0.4) is 0 Å². The molecule has 0 unspecified atom stereocenters. The Morgan fingerprint density at radius 2 is 2.09 bits per heavy atom. The quantitative estimate of drug-likeness (QED) is 0.698. The predicted molar refractivity (Wildman–Crippen MR) is 87.6 cm³/mol. The Morgan fingerprint density at radius 3 is 2.78 bits per heavy atom. The minimum absolute atomic E-state index is 0.0518. The maximum atomic E-state index is 13.7. The third kappa shape index (κ3) is 3.46. The standard InChI is InChI=1S/C16H12F2N2OS2/c1-20(7-10-2-3-12(17)6-13(10)18)16(21)14-9-23-15(19-14)11-4-5-22-8-11/h2-6,8-9H,7H2,1H3. The second-order valence-electron chi connectivity index (χ2n) is 4.95. The zero-order valence-corrected chi connectivity index (χ0v) is 13.8. The summed E-state index contributed by atoms with van der Waals surface area (Å²) in [5, 5.41) is 6.37. The van der Waals surface area contributed by atoms with Gasteiger partial charge in [-0.25, -0.2) is 13.8 Å². The van der Waals surface area contributed by atoms with Crippen LogP contribution >= 0.6 is 22.7 Å². The van der Waals surface area contributed by atoms with Crippen molar-refractivity contribution in [1.82, 2.24) is 9.88 Å². The first-order valence-corrected chi connectivity index (χ1v) is 8.54. The third-order valence-corrected chi connectivity index (χ3v) is 4.84. The molecule has 0 spiro atoms. The van der Waals surface area contributed by atoms with Crippen molar-refractivity contribution < 1.29 is 13.6 Å². The Hall–Kier alpha value is -2.12. The van der Waals surface area contributed by atoms with Crippen molar-refractivity contribution in [1.29, 1.82) is 0 Å². The van der Waals surface area contributed by atoms with Gasteiger partial charge in [-0.3, -0.25) is 4.79 Å². The monoisotopic (exact) mass is 350 g/mol. The first-order valence-electron chi connectivity index (χ1n) is 6.72. The van der Waals surface area contributed by atoms with Crippen molar-refractivity contribution in [3.05, 3.63) is 63.3 Å². The number of carbonyl (C=O) groups excluding carboxylic acids is 1. The van der Waals surface area contributed by atoms with Crippen LogP contribution in [0.25, 0.3) is 10.6 Å². The van der Waals surface area contributed by atoms with E-state index in [-0.39, 0.29) is 18.0 Å². The predicted octanol–water partition coefficient (Wildman–Crippen LogP) is 4.42. The third-order valence-electron chi connectivity index (χ3n) is 3.26.